The van der Waals surface area contributed by atoms with Crippen molar-refractivity contribution in [2.75, 3.05) is 13.2 Å². The van der Waals surface area contributed by atoms with Gasteiger partial charge < -0.3 is 9.47 Å². The van der Waals surface area contributed by atoms with Crippen LogP contribution in [-0.4, -0.2) is 25.2 Å². The molecular formula is C32H60O4. The molecule has 0 saturated carbocycles. The molecule has 0 aromatic rings. The van der Waals surface area contributed by atoms with Gasteiger partial charge in [0.2, 0.25) is 0 Å². The summed E-state index contributed by atoms with van der Waals surface area (Å²) >= 11 is 0. The lowest BCUT2D eigenvalue weighted by Crippen LogP contribution is -2.05. The molecule has 0 atom stereocenters. The summed E-state index contributed by atoms with van der Waals surface area (Å²) in [5.41, 5.74) is 0. The molecule has 0 heterocycles. The fourth-order valence-electron chi connectivity index (χ4n) is 4.29. The topological polar surface area (TPSA) is 52.6 Å². The van der Waals surface area contributed by atoms with Crippen LogP contribution in [0.15, 0.2) is 12.2 Å². The first kappa shape index (κ1) is 34.7. The van der Waals surface area contributed by atoms with E-state index in [1.807, 2.05) is 0 Å². The SMILES string of the molecule is CCCCCCOC(=O)CCCC/C=C/CCCCCCCCCCCCC(=O)OCCCCCC. The molecule has 36 heavy (non-hydrogen) atoms. The van der Waals surface area contributed by atoms with E-state index in [1.165, 1.54) is 89.9 Å². The lowest BCUT2D eigenvalue weighted by Gasteiger charge is -2.05. The summed E-state index contributed by atoms with van der Waals surface area (Å²) in [7, 11) is 0. The second-order valence-corrected chi connectivity index (χ2v) is 10.4. The highest BCUT2D eigenvalue weighted by Gasteiger charge is 2.03. The van der Waals surface area contributed by atoms with Crippen LogP contribution in [0.1, 0.15) is 168 Å². The van der Waals surface area contributed by atoms with Crippen molar-refractivity contribution < 1.29 is 19.1 Å². The molecule has 0 saturated heterocycles. The Balaban J connectivity index is 3.23. The number of carbonyl (C=O) groups is 2. The van der Waals surface area contributed by atoms with Gasteiger partial charge >= 0.3 is 11.9 Å². The molecule has 4 heteroatoms. The Bertz CT molecular complexity index is 500. The molecular weight excluding hydrogens is 448 g/mol. The summed E-state index contributed by atoms with van der Waals surface area (Å²) in [6, 6.07) is 0. The Labute approximate surface area is 224 Å². The molecule has 0 aliphatic rings. The second-order valence-electron chi connectivity index (χ2n) is 10.4. The maximum atomic E-state index is 11.7. The predicted octanol–water partition coefficient (Wildman–Crippen LogP) is 10.0. The molecule has 4 nitrogen and oxygen atoms in total. The summed E-state index contributed by atoms with van der Waals surface area (Å²) in [5.74, 6) is -0.0346. The molecule has 0 aliphatic carbocycles. The van der Waals surface area contributed by atoms with Gasteiger partial charge in [-0.2, -0.15) is 0 Å². The summed E-state index contributed by atoms with van der Waals surface area (Å²) in [6.45, 7) is 5.58. The first-order valence-electron chi connectivity index (χ1n) is 15.7. The quantitative estimate of drug-likeness (QED) is 0.0599. The van der Waals surface area contributed by atoms with Crippen LogP contribution >= 0.6 is 0 Å². The maximum Gasteiger partial charge on any atom is 0.305 e. The summed E-state index contributed by atoms with van der Waals surface area (Å²) in [4.78, 5) is 23.3. The number of esters is 2. The first-order chi connectivity index (χ1) is 17.7. The van der Waals surface area contributed by atoms with Crippen LogP contribution in [0.2, 0.25) is 0 Å². The predicted molar refractivity (Wildman–Crippen MR) is 153 cm³/mol. The standard InChI is InChI=1S/C32H60O4/c1-3-5-7-25-29-35-31(33)27-23-21-19-17-15-13-11-9-10-12-14-16-18-20-22-24-28-32(34)36-30-26-8-6-4-2/h15,17H,3-14,16,18-30H2,1-2H3/b17-15+. The Kier molecular flexibility index (Phi) is 28.8. The number of hydrogen-bond acceptors (Lipinski definition) is 4. The normalized spacial score (nSPS) is 11.3. The van der Waals surface area contributed by atoms with E-state index >= 15 is 0 Å². The van der Waals surface area contributed by atoms with Gasteiger partial charge in [0.15, 0.2) is 0 Å². The van der Waals surface area contributed by atoms with Gasteiger partial charge in [-0.05, 0) is 51.4 Å². The van der Waals surface area contributed by atoms with Crippen LogP contribution in [-0.2, 0) is 19.1 Å². The first-order valence-corrected chi connectivity index (χ1v) is 15.7. The number of hydrogen-bond donors (Lipinski definition) is 0. The molecule has 0 aliphatic heterocycles. The zero-order valence-corrected chi connectivity index (χ0v) is 24.2. The molecule has 0 aromatic carbocycles. The van der Waals surface area contributed by atoms with Crippen molar-refractivity contribution in [3.8, 4) is 0 Å². The maximum absolute atomic E-state index is 11.7. The number of ether oxygens (including phenoxy) is 2. The Hall–Kier alpha value is -1.32. The van der Waals surface area contributed by atoms with E-state index in [2.05, 4.69) is 26.0 Å². The average molecular weight is 509 g/mol. The van der Waals surface area contributed by atoms with E-state index in [4.69, 9.17) is 9.47 Å². The molecule has 0 unspecified atom stereocenters. The number of carbonyl (C=O) groups excluding carboxylic acids is 2. The van der Waals surface area contributed by atoms with E-state index in [0.29, 0.717) is 26.1 Å². The minimum atomic E-state index is -0.0270. The average Bonchev–Trinajstić information content (AvgIpc) is 2.87. The minimum absolute atomic E-state index is 0.00765. The molecule has 0 N–H and O–H groups in total. The highest BCUT2D eigenvalue weighted by atomic mass is 16.5. The smallest absolute Gasteiger partial charge is 0.305 e. The fourth-order valence-corrected chi connectivity index (χ4v) is 4.29. The number of rotatable bonds is 28. The van der Waals surface area contributed by atoms with E-state index < -0.39 is 0 Å². The number of unbranched alkanes of at least 4 members (excludes halogenated alkanes) is 18. The van der Waals surface area contributed by atoms with E-state index in [1.54, 1.807) is 0 Å². The van der Waals surface area contributed by atoms with Crippen molar-refractivity contribution in [3.05, 3.63) is 12.2 Å². The molecule has 212 valence electrons. The summed E-state index contributed by atoms with van der Waals surface area (Å²) in [6.07, 6.45) is 31.9. The van der Waals surface area contributed by atoms with Gasteiger partial charge in [-0.1, -0.05) is 116 Å². The van der Waals surface area contributed by atoms with Gasteiger partial charge in [-0.15, -0.1) is 0 Å². The Morgan fingerprint density at radius 3 is 1.22 bits per heavy atom. The zero-order chi connectivity index (χ0) is 26.4. The van der Waals surface area contributed by atoms with E-state index in [9.17, 15) is 9.59 Å². The van der Waals surface area contributed by atoms with Crippen LogP contribution in [0.3, 0.4) is 0 Å². The molecule has 0 radical (unpaired) electrons. The van der Waals surface area contributed by atoms with Gasteiger partial charge in [0.05, 0.1) is 13.2 Å². The highest BCUT2D eigenvalue weighted by Crippen LogP contribution is 2.13. The molecule has 0 rings (SSSR count). The van der Waals surface area contributed by atoms with Crippen LogP contribution < -0.4 is 0 Å². The molecule has 0 aromatic heterocycles. The third-order valence-electron chi connectivity index (χ3n) is 6.69. The lowest BCUT2D eigenvalue weighted by atomic mass is 10.0. The zero-order valence-electron chi connectivity index (χ0n) is 24.2. The minimum Gasteiger partial charge on any atom is -0.466 e. The highest BCUT2D eigenvalue weighted by molar-refractivity contribution is 5.69. The molecule has 0 fully saturated rings. The Morgan fingerprint density at radius 2 is 0.778 bits per heavy atom. The van der Waals surface area contributed by atoms with Gasteiger partial charge in [0.25, 0.3) is 0 Å². The summed E-state index contributed by atoms with van der Waals surface area (Å²) < 4.78 is 10.6. The van der Waals surface area contributed by atoms with Crippen molar-refractivity contribution in [2.45, 2.75) is 168 Å². The van der Waals surface area contributed by atoms with Crippen LogP contribution in [0.4, 0.5) is 0 Å². The van der Waals surface area contributed by atoms with E-state index in [-0.39, 0.29) is 11.9 Å². The van der Waals surface area contributed by atoms with Crippen molar-refractivity contribution in [3.63, 3.8) is 0 Å². The molecule has 0 spiro atoms. The fraction of sp³-hybridized carbons (Fsp3) is 0.875. The molecule has 0 amide bonds. The molecule has 0 bridgehead atoms. The van der Waals surface area contributed by atoms with Crippen LogP contribution in [0.5, 0.6) is 0 Å². The van der Waals surface area contributed by atoms with Crippen molar-refractivity contribution in [1.29, 1.82) is 0 Å². The lowest BCUT2D eigenvalue weighted by molar-refractivity contribution is -0.144. The number of allylic oxidation sites excluding steroid dienone is 2. The summed E-state index contributed by atoms with van der Waals surface area (Å²) in [5, 5.41) is 0. The van der Waals surface area contributed by atoms with Crippen LogP contribution in [0.25, 0.3) is 0 Å². The third kappa shape index (κ3) is 28.9. The van der Waals surface area contributed by atoms with Crippen molar-refractivity contribution >= 4 is 11.9 Å². The largest absolute Gasteiger partial charge is 0.466 e. The van der Waals surface area contributed by atoms with Gasteiger partial charge in [-0.3, -0.25) is 9.59 Å². The van der Waals surface area contributed by atoms with Crippen LogP contribution in [0, 0.1) is 0 Å². The monoisotopic (exact) mass is 508 g/mol. The van der Waals surface area contributed by atoms with Crippen molar-refractivity contribution in [1.82, 2.24) is 0 Å². The second kappa shape index (κ2) is 29.9. The van der Waals surface area contributed by atoms with Crippen molar-refractivity contribution in [2.24, 2.45) is 0 Å². The third-order valence-corrected chi connectivity index (χ3v) is 6.69. The van der Waals surface area contributed by atoms with Gasteiger partial charge in [0.1, 0.15) is 0 Å². The van der Waals surface area contributed by atoms with Gasteiger partial charge in [0, 0.05) is 12.8 Å². The Morgan fingerprint density at radius 1 is 0.444 bits per heavy atom. The van der Waals surface area contributed by atoms with E-state index in [0.717, 1.165) is 51.4 Å². The van der Waals surface area contributed by atoms with Gasteiger partial charge in [-0.25, -0.2) is 0 Å².